The second kappa shape index (κ2) is 6.83. The molecule has 0 aliphatic carbocycles. The molecule has 0 heterocycles. The van der Waals surface area contributed by atoms with Crippen LogP contribution in [0.1, 0.15) is 23.7 Å². The van der Waals surface area contributed by atoms with E-state index in [0.29, 0.717) is 0 Å². The summed E-state index contributed by atoms with van der Waals surface area (Å²) < 4.78 is 40.1. The highest BCUT2D eigenvalue weighted by Gasteiger charge is 2.24. The van der Waals surface area contributed by atoms with Gasteiger partial charge in [0.25, 0.3) is 0 Å². The van der Waals surface area contributed by atoms with Crippen LogP contribution >= 0.6 is 15.9 Å². The van der Waals surface area contributed by atoms with Gasteiger partial charge in [0.15, 0.2) is 5.82 Å². The molecule has 0 radical (unpaired) electrons. The predicted octanol–water partition coefficient (Wildman–Crippen LogP) is 1.98. The second-order valence-electron chi connectivity index (χ2n) is 3.65. The van der Waals surface area contributed by atoms with Crippen molar-refractivity contribution in [2.24, 2.45) is 0 Å². The van der Waals surface area contributed by atoms with Crippen LogP contribution in [-0.4, -0.2) is 26.0 Å². The fourth-order valence-electron chi connectivity index (χ4n) is 1.37. The molecular weight excluding hydrogens is 353 g/mol. The van der Waals surface area contributed by atoms with E-state index in [0.717, 1.165) is 12.1 Å². The molecule has 8 heteroatoms. The molecule has 0 atom stereocenters. The third kappa shape index (κ3) is 4.03. The van der Waals surface area contributed by atoms with E-state index < -0.39 is 32.3 Å². The van der Waals surface area contributed by atoms with E-state index in [1.54, 1.807) is 6.92 Å². The molecule has 0 amide bonds. The van der Waals surface area contributed by atoms with Crippen LogP contribution in [0.2, 0.25) is 0 Å². The zero-order valence-electron chi connectivity index (χ0n) is 10.4. The summed E-state index contributed by atoms with van der Waals surface area (Å²) in [7, 11) is -4.14. The summed E-state index contributed by atoms with van der Waals surface area (Å²) in [5.74, 6) is 2.41. The minimum absolute atomic E-state index is 0.0114. The average Bonchev–Trinajstić information content (AvgIpc) is 2.36. The lowest BCUT2D eigenvalue weighted by molar-refractivity contribution is 0.0691. The Morgan fingerprint density at radius 1 is 1.50 bits per heavy atom. The highest BCUT2D eigenvalue weighted by Crippen LogP contribution is 2.24. The minimum Gasteiger partial charge on any atom is -0.478 e. The Kier molecular flexibility index (Phi) is 5.68. The molecule has 0 aromatic heterocycles. The van der Waals surface area contributed by atoms with E-state index in [2.05, 4.69) is 32.5 Å². The fourth-order valence-corrected chi connectivity index (χ4v) is 3.13. The van der Waals surface area contributed by atoms with Crippen molar-refractivity contribution < 1.29 is 22.7 Å². The maximum atomic E-state index is 13.9. The molecule has 0 aliphatic heterocycles. The first-order chi connectivity index (χ1) is 9.29. The molecule has 0 fully saturated rings. The van der Waals surface area contributed by atoms with Crippen LogP contribution in [0.15, 0.2) is 21.5 Å². The third-order valence-electron chi connectivity index (χ3n) is 2.24. The van der Waals surface area contributed by atoms with Crippen molar-refractivity contribution >= 4 is 31.9 Å². The summed E-state index contributed by atoms with van der Waals surface area (Å²) in [4.78, 5) is 10.1. The van der Waals surface area contributed by atoms with Gasteiger partial charge in [0.2, 0.25) is 10.0 Å². The van der Waals surface area contributed by atoms with Crippen LogP contribution in [0, 0.1) is 17.7 Å². The lowest BCUT2D eigenvalue weighted by Crippen LogP contribution is -2.26. The summed E-state index contributed by atoms with van der Waals surface area (Å²) >= 11 is 2.96. The number of sulfonamides is 1. The van der Waals surface area contributed by atoms with Crippen molar-refractivity contribution in [3.05, 3.63) is 28.0 Å². The molecular formula is C12H11BrFNO4S. The van der Waals surface area contributed by atoms with Crippen molar-refractivity contribution in [3.8, 4) is 11.8 Å². The number of halogens is 2. The minimum atomic E-state index is -4.14. The first kappa shape index (κ1) is 16.6. The van der Waals surface area contributed by atoms with Crippen LogP contribution in [0.3, 0.4) is 0 Å². The number of benzene rings is 1. The highest BCUT2D eigenvalue weighted by molar-refractivity contribution is 9.10. The summed E-state index contributed by atoms with van der Waals surface area (Å²) in [6.07, 6.45) is 0.275. The first-order valence-corrected chi connectivity index (χ1v) is 7.69. The van der Waals surface area contributed by atoms with Crippen LogP contribution in [0.4, 0.5) is 4.39 Å². The fraction of sp³-hybridized carbons (Fsp3) is 0.250. The Bertz CT molecular complexity index is 691. The van der Waals surface area contributed by atoms with Gasteiger partial charge in [-0.25, -0.2) is 22.3 Å². The molecule has 0 spiro atoms. The van der Waals surface area contributed by atoms with E-state index in [4.69, 9.17) is 5.11 Å². The van der Waals surface area contributed by atoms with Gasteiger partial charge in [0.05, 0.1) is 5.56 Å². The zero-order chi connectivity index (χ0) is 15.3. The summed E-state index contributed by atoms with van der Waals surface area (Å²) in [5, 5.41) is 8.83. The van der Waals surface area contributed by atoms with Gasteiger partial charge in [0, 0.05) is 17.4 Å². The normalized spacial score (nSPS) is 10.8. The van der Waals surface area contributed by atoms with E-state index in [1.807, 2.05) is 0 Å². The number of rotatable bonds is 5. The van der Waals surface area contributed by atoms with Gasteiger partial charge >= 0.3 is 5.97 Å². The van der Waals surface area contributed by atoms with E-state index in [9.17, 15) is 17.6 Å². The molecule has 5 nitrogen and oxygen atoms in total. The topological polar surface area (TPSA) is 83.5 Å². The summed E-state index contributed by atoms with van der Waals surface area (Å²) in [6.45, 7) is 1.62. The third-order valence-corrected chi connectivity index (χ3v) is 4.16. The summed E-state index contributed by atoms with van der Waals surface area (Å²) in [5.41, 5.74) is -0.715. The predicted molar refractivity (Wildman–Crippen MR) is 74.3 cm³/mol. The number of carboxylic acids is 1. The number of hydrogen-bond acceptors (Lipinski definition) is 3. The van der Waals surface area contributed by atoms with E-state index in [1.165, 1.54) is 0 Å². The molecule has 1 aromatic rings. The average molecular weight is 364 g/mol. The zero-order valence-corrected chi connectivity index (χ0v) is 12.8. The van der Waals surface area contributed by atoms with Crippen LogP contribution in [0.5, 0.6) is 0 Å². The van der Waals surface area contributed by atoms with Crippen molar-refractivity contribution in [2.75, 3.05) is 6.54 Å². The number of aromatic carboxylic acids is 1. The number of nitrogens with one attached hydrogen (secondary N) is 1. The van der Waals surface area contributed by atoms with Gasteiger partial charge in [-0.1, -0.05) is 15.9 Å². The molecule has 20 heavy (non-hydrogen) atoms. The van der Waals surface area contributed by atoms with E-state index in [-0.39, 0.29) is 17.4 Å². The molecule has 1 aromatic carbocycles. The highest BCUT2D eigenvalue weighted by atomic mass is 79.9. The first-order valence-electron chi connectivity index (χ1n) is 5.41. The maximum absolute atomic E-state index is 13.9. The van der Waals surface area contributed by atoms with Gasteiger partial charge in [0.1, 0.15) is 4.90 Å². The second-order valence-corrected chi connectivity index (χ2v) is 6.30. The van der Waals surface area contributed by atoms with Crippen molar-refractivity contribution in [1.29, 1.82) is 0 Å². The lowest BCUT2D eigenvalue weighted by atomic mass is 10.2. The van der Waals surface area contributed by atoms with Crippen molar-refractivity contribution in [1.82, 2.24) is 4.72 Å². The SMILES string of the molecule is CC#CCCNS(=O)(=O)c1cc(Br)cc(C(=O)O)c1F. The Morgan fingerprint density at radius 2 is 2.15 bits per heavy atom. The largest absolute Gasteiger partial charge is 0.478 e. The van der Waals surface area contributed by atoms with Crippen LogP contribution in [0.25, 0.3) is 0 Å². The van der Waals surface area contributed by atoms with Crippen LogP contribution in [-0.2, 0) is 10.0 Å². The molecule has 2 N–H and O–H groups in total. The van der Waals surface area contributed by atoms with Gasteiger partial charge in [-0.05, 0) is 19.1 Å². The quantitative estimate of drug-likeness (QED) is 0.618. The van der Waals surface area contributed by atoms with E-state index >= 15 is 0 Å². The summed E-state index contributed by atoms with van der Waals surface area (Å²) in [6, 6.07) is 2.01. The Labute approximate surface area is 124 Å². The molecule has 0 aliphatic rings. The maximum Gasteiger partial charge on any atom is 0.338 e. The number of carbonyl (C=O) groups is 1. The number of hydrogen-bond donors (Lipinski definition) is 2. The smallest absolute Gasteiger partial charge is 0.338 e. The molecule has 1 rings (SSSR count). The van der Waals surface area contributed by atoms with Gasteiger partial charge < -0.3 is 5.11 Å². The molecule has 0 unspecified atom stereocenters. The molecule has 0 saturated heterocycles. The van der Waals surface area contributed by atoms with Crippen molar-refractivity contribution in [2.45, 2.75) is 18.2 Å². The molecule has 0 saturated carbocycles. The van der Waals surface area contributed by atoms with Gasteiger partial charge in [-0.3, -0.25) is 0 Å². The van der Waals surface area contributed by atoms with Gasteiger partial charge in [-0.15, -0.1) is 11.8 Å². The Balaban J connectivity index is 3.17. The van der Waals surface area contributed by atoms with Gasteiger partial charge in [-0.2, -0.15) is 0 Å². The Morgan fingerprint density at radius 3 is 2.70 bits per heavy atom. The lowest BCUT2D eigenvalue weighted by Gasteiger charge is -2.09. The van der Waals surface area contributed by atoms with Crippen LogP contribution < -0.4 is 4.72 Å². The Hall–Kier alpha value is -1.43. The number of carboxylic acid groups (broad SMARTS) is 1. The van der Waals surface area contributed by atoms with Crippen molar-refractivity contribution in [3.63, 3.8) is 0 Å². The molecule has 0 bridgehead atoms. The standard InChI is InChI=1S/C12H11BrFNO4S/c1-2-3-4-5-15-20(18,19)10-7-8(13)6-9(11(10)14)12(16)17/h6-7,15H,4-5H2,1H3,(H,16,17). The monoisotopic (exact) mass is 363 g/mol. The molecule has 108 valence electrons.